The highest BCUT2D eigenvalue weighted by Gasteiger charge is 2.29. The highest BCUT2D eigenvalue weighted by atomic mass is 19.5. The monoisotopic (exact) mass is 414 g/mol. The predicted molar refractivity (Wildman–Crippen MR) is 115 cm³/mol. The van der Waals surface area contributed by atoms with Crippen molar-refractivity contribution in [3.05, 3.63) is 99.7 Å². The maximum Gasteiger partial charge on any atom is 0.673 e. The molecule has 1 nitrogen and oxygen atoms in total. The Labute approximate surface area is 174 Å². The van der Waals surface area contributed by atoms with Crippen LogP contribution < -0.4 is 0 Å². The Bertz CT molecular complexity index is 1010. The van der Waals surface area contributed by atoms with E-state index in [9.17, 15) is 17.3 Å². The summed E-state index contributed by atoms with van der Waals surface area (Å²) in [6, 6.07) is 17.7. The van der Waals surface area contributed by atoms with Gasteiger partial charge in [-0.1, -0.05) is 55.5 Å². The first kappa shape index (κ1) is 21.8. The topological polar surface area (TPSA) is 11.3 Å². The third-order valence-corrected chi connectivity index (χ3v) is 5.39. The molecule has 0 aliphatic heterocycles. The lowest BCUT2D eigenvalue weighted by Gasteiger charge is -2.31. The third kappa shape index (κ3) is 4.48. The van der Waals surface area contributed by atoms with Crippen LogP contribution in [0.4, 0.5) is 17.3 Å². The third-order valence-electron chi connectivity index (χ3n) is 5.39. The molecule has 0 unspecified atom stereocenters. The maximum atomic E-state index is 9.75. The summed E-state index contributed by atoms with van der Waals surface area (Å²) in [5.74, 6) is 1.33. The van der Waals surface area contributed by atoms with E-state index in [1.54, 1.807) is 7.11 Å². The van der Waals surface area contributed by atoms with Crippen molar-refractivity contribution < 1.29 is 21.7 Å². The summed E-state index contributed by atoms with van der Waals surface area (Å²) in [7, 11) is -4.27. The number of hydrogen-bond acceptors (Lipinski definition) is 0. The highest BCUT2D eigenvalue weighted by molar-refractivity contribution is 6.50. The molecule has 2 aliphatic carbocycles. The Morgan fingerprint density at radius 1 is 0.733 bits per heavy atom. The zero-order valence-electron chi connectivity index (χ0n) is 17.3. The van der Waals surface area contributed by atoms with Crippen LogP contribution in [0.15, 0.2) is 77.4 Å². The van der Waals surface area contributed by atoms with Gasteiger partial charge in [-0.2, -0.15) is 0 Å². The summed E-state index contributed by atoms with van der Waals surface area (Å²) in [4.78, 5) is 0. The minimum absolute atomic E-state index is 0.412. The van der Waals surface area contributed by atoms with Gasteiger partial charge in [-0.3, -0.25) is 4.42 Å². The Morgan fingerprint density at radius 2 is 1.13 bits per heavy atom. The largest absolute Gasteiger partial charge is 0.673 e. The van der Waals surface area contributed by atoms with E-state index in [-0.39, 0.29) is 0 Å². The van der Waals surface area contributed by atoms with Crippen molar-refractivity contribution in [3.8, 4) is 0 Å². The first-order valence-corrected chi connectivity index (χ1v) is 9.70. The molecule has 156 valence electrons. The molecule has 2 aromatic rings. The van der Waals surface area contributed by atoms with Crippen LogP contribution in [0.5, 0.6) is 0 Å². The van der Waals surface area contributed by atoms with Gasteiger partial charge in [-0.05, 0) is 58.4 Å². The summed E-state index contributed by atoms with van der Waals surface area (Å²) in [5.41, 5.74) is 10.7. The predicted octanol–water partition coefficient (Wildman–Crippen LogP) is 6.89. The molecule has 0 aromatic heterocycles. The second-order valence-electron chi connectivity index (χ2n) is 7.40. The molecule has 6 heteroatoms. The van der Waals surface area contributed by atoms with Gasteiger partial charge in [0.05, 0.1) is 0 Å². The minimum Gasteiger partial charge on any atom is -0.418 e. The van der Waals surface area contributed by atoms with Crippen LogP contribution >= 0.6 is 0 Å². The van der Waals surface area contributed by atoms with E-state index in [2.05, 4.69) is 81.5 Å². The van der Waals surface area contributed by atoms with Crippen molar-refractivity contribution in [2.75, 3.05) is 7.11 Å². The number of ketones is 1. The van der Waals surface area contributed by atoms with Gasteiger partial charge in [-0.25, -0.2) is 0 Å². The number of rotatable bonds is 0. The number of halogens is 4. The van der Waals surface area contributed by atoms with Gasteiger partial charge in [0.2, 0.25) is 0 Å². The van der Waals surface area contributed by atoms with Gasteiger partial charge in [0.15, 0.2) is 0 Å². The second kappa shape index (κ2) is 8.46. The Balaban J connectivity index is 0.000000461. The molecule has 4 rings (SSSR count). The van der Waals surface area contributed by atoms with Crippen molar-refractivity contribution >= 4 is 18.6 Å². The van der Waals surface area contributed by atoms with Crippen LogP contribution in [0.2, 0.25) is 0 Å². The van der Waals surface area contributed by atoms with Crippen molar-refractivity contribution in [1.29, 1.82) is 0 Å². The summed E-state index contributed by atoms with van der Waals surface area (Å²) in [6.07, 6.45) is 4.27. The maximum absolute atomic E-state index is 9.75. The van der Waals surface area contributed by atoms with Gasteiger partial charge in [0, 0.05) is 18.1 Å². The molecule has 30 heavy (non-hydrogen) atoms. The van der Waals surface area contributed by atoms with Crippen molar-refractivity contribution in [1.82, 2.24) is 0 Å². The lowest BCUT2D eigenvalue weighted by molar-refractivity contribution is -0.417. The molecule has 0 N–H and O–H groups in total. The fourth-order valence-corrected chi connectivity index (χ4v) is 4.22. The standard InChI is InChI=1S/C24H23O.BF4/c1-15-13-18(25-4)14-16(2)23(15)24-21-11-7-5-9-19(21)17(3)20-10-6-8-12-22(20)24;2-1(3,4)5/h5-14,17H,1-4H3;/q+1;-1. The van der Waals surface area contributed by atoms with E-state index in [1.165, 1.54) is 44.5 Å². The van der Waals surface area contributed by atoms with Crippen LogP contribution in [-0.2, 0) is 4.42 Å². The molecule has 0 fully saturated rings. The summed E-state index contributed by atoms with van der Waals surface area (Å²) in [6.45, 7) is 6.67. The molecule has 0 spiro atoms. The van der Waals surface area contributed by atoms with Crippen LogP contribution in [-0.4, -0.2) is 20.1 Å². The van der Waals surface area contributed by atoms with E-state index in [1.807, 2.05) is 0 Å². The highest BCUT2D eigenvalue weighted by Crippen LogP contribution is 2.46. The number of hydrogen-bond donors (Lipinski definition) is 0. The molecule has 0 heterocycles. The normalized spacial score (nSPS) is 17.9. The first-order valence-electron chi connectivity index (χ1n) is 9.70. The summed E-state index contributed by atoms with van der Waals surface area (Å²) < 4.78 is 44.5. The average Bonchev–Trinajstić information content (AvgIpc) is 2.68. The van der Waals surface area contributed by atoms with Gasteiger partial charge < -0.3 is 17.3 Å². The lowest BCUT2D eigenvalue weighted by atomic mass is 9.72. The number of allylic oxidation sites excluding steroid dienone is 5. The summed E-state index contributed by atoms with van der Waals surface area (Å²) >= 11 is 0. The molecule has 2 aromatic carbocycles. The van der Waals surface area contributed by atoms with E-state index in [0.29, 0.717) is 5.92 Å². The first-order chi connectivity index (χ1) is 14.1. The number of carbonyl (C=O) groups excluding carboxylic acids is 1. The summed E-state index contributed by atoms with van der Waals surface area (Å²) in [5, 5.41) is 0. The van der Waals surface area contributed by atoms with Crippen molar-refractivity contribution in [3.63, 3.8) is 0 Å². The number of benzene rings is 2. The van der Waals surface area contributed by atoms with Crippen LogP contribution in [0.1, 0.15) is 48.9 Å². The molecular weight excluding hydrogens is 391 g/mol. The van der Waals surface area contributed by atoms with E-state index >= 15 is 0 Å². The number of fused-ring (bicyclic) bond motifs is 2. The molecule has 0 atom stereocenters. The van der Waals surface area contributed by atoms with E-state index in [4.69, 9.17) is 4.42 Å². The Morgan fingerprint density at radius 3 is 1.53 bits per heavy atom. The van der Waals surface area contributed by atoms with E-state index in [0.717, 1.165) is 5.78 Å². The molecule has 0 radical (unpaired) electrons. The molecule has 0 saturated carbocycles. The molecule has 2 aliphatic rings. The fourth-order valence-electron chi connectivity index (χ4n) is 4.22. The second-order valence-corrected chi connectivity index (χ2v) is 7.40. The minimum atomic E-state index is -6.00. The van der Waals surface area contributed by atoms with E-state index < -0.39 is 7.25 Å². The Kier molecular flexibility index (Phi) is 6.15. The van der Waals surface area contributed by atoms with Crippen molar-refractivity contribution in [2.45, 2.75) is 26.7 Å². The molecular formula is C24H23BF4O. The quantitative estimate of drug-likeness (QED) is 0.253. The Hall–Kier alpha value is -2.89. The molecule has 0 bridgehead atoms. The molecule has 0 amide bonds. The van der Waals surface area contributed by atoms with Gasteiger partial charge >= 0.3 is 13.0 Å². The molecule has 0 saturated heterocycles. The SMILES string of the molecule is C[O+]=C1C=C(C)C(=C2c3ccccc3C(C)c3ccccc32)C(C)=C1.F[B-](F)(F)F. The van der Waals surface area contributed by atoms with Gasteiger partial charge in [-0.15, -0.1) is 0 Å². The zero-order chi connectivity index (χ0) is 22.1. The fraction of sp³-hybridized carbons (Fsp3) is 0.208. The average molecular weight is 414 g/mol. The van der Waals surface area contributed by atoms with Crippen molar-refractivity contribution in [2.24, 2.45) is 0 Å². The van der Waals surface area contributed by atoms with Gasteiger partial charge in [0.25, 0.3) is 7.11 Å². The lowest BCUT2D eigenvalue weighted by Crippen LogP contribution is -2.14. The van der Waals surface area contributed by atoms with Crippen LogP contribution in [0, 0.1) is 0 Å². The van der Waals surface area contributed by atoms with Crippen LogP contribution in [0.25, 0.3) is 5.57 Å². The van der Waals surface area contributed by atoms with Crippen LogP contribution in [0.3, 0.4) is 0 Å². The van der Waals surface area contributed by atoms with Gasteiger partial charge in [0.1, 0.15) is 0 Å². The smallest absolute Gasteiger partial charge is 0.418 e. The zero-order valence-corrected chi connectivity index (χ0v) is 17.3.